The standard InChI is InChI=1S/C15H19FN2O3/c1-3-8-15(2)13(19)18(14(20)17-15)9-10-21-12-6-4-11(16)5-7-12/h4-7H,3,8-10H2,1-2H3,(H,17,20)/t15-/m1/s1. The summed E-state index contributed by atoms with van der Waals surface area (Å²) in [7, 11) is 0. The van der Waals surface area contributed by atoms with E-state index in [1.807, 2.05) is 6.92 Å². The number of amides is 3. The minimum atomic E-state index is -0.818. The topological polar surface area (TPSA) is 58.6 Å². The maximum absolute atomic E-state index is 12.8. The minimum absolute atomic E-state index is 0.168. The minimum Gasteiger partial charge on any atom is -0.492 e. The van der Waals surface area contributed by atoms with Crippen molar-refractivity contribution in [3.63, 3.8) is 0 Å². The smallest absolute Gasteiger partial charge is 0.325 e. The number of imide groups is 1. The summed E-state index contributed by atoms with van der Waals surface area (Å²) < 4.78 is 18.2. The number of nitrogens with zero attached hydrogens (tertiary/aromatic N) is 1. The predicted molar refractivity (Wildman–Crippen MR) is 75.5 cm³/mol. The van der Waals surface area contributed by atoms with Crippen molar-refractivity contribution in [2.75, 3.05) is 13.2 Å². The van der Waals surface area contributed by atoms with Crippen LogP contribution in [0.15, 0.2) is 24.3 Å². The fraction of sp³-hybridized carbons (Fsp3) is 0.467. The summed E-state index contributed by atoms with van der Waals surface area (Å²) in [5.41, 5.74) is -0.818. The Morgan fingerprint density at radius 2 is 1.95 bits per heavy atom. The van der Waals surface area contributed by atoms with Crippen molar-refractivity contribution < 1.29 is 18.7 Å². The summed E-state index contributed by atoms with van der Waals surface area (Å²) >= 11 is 0. The number of benzene rings is 1. The van der Waals surface area contributed by atoms with Gasteiger partial charge in [0, 0.05) is 0 Å². The fourth-order valence-electron chi connectivity index (χ4n) is 2.41. The quantitative estimate of drug-likeness (QED) is 0.819. The first kappa shape index (κ1) is 15.3. The molecule has 0 aliphatic carbocycles. The average molecular weight is 294 g/mol. The average Bonchev–Trinajstić information content (AvgIpc) is 2.64. The molecule has 0 unspecified atom stereocenters. The van der Waals surface area contributed by atoms with Crippen LogP contribution in [0.2, 0.25) is 0 Å². The Bertz CT molecular complexity index is 532. The maximum Gasteiger partial charge on any atom is 0.325 e. The van der Waals surface area contributed by atoms with Crippen LogP contribution < -0.4 is 10.1 Å². The van der Waals surface area contributed by atoms with Crippen molar-refractivity contribution in [1.29, 1.82) is 0 Å². The van der Waals surface area contributed by atoms with Gasteiger partial charge >= 0.3 is 6.03 Å². The van der Waals surface area contributed by atoms with E-state index in [1.54, 1.807) is 6.92 Å². The molecule has 1 aromatic carbocycles. The number of carbonyl (C=O) groups is 2. The summed E-state index contributed by atoms with van der Waals surface area (Å²) in [6, 6.07) is 5.20. The third-order valence-corrected chi connectivity index (χ3v) is 3.49. The predicted octanol–water partition coefficient (Wildman–Crippen LogP) is 2.32. The highest BCUT2D eigenvalue weighted by atomic mass is 19.1. The van der Waals surface area contributed by atoms with Crippen molar-refractivity contribution in [1.82, 2.24) is 10.2 Å². The Balaban J connectivity index is 1.90. The highest BCUT2D eigenvalue weighted by Gasteiger charge is 2.46. The van der Waals surface area contributed by atoms with Gasteiger partial charge in [0.2, 0.25) is 0 Å². The van der Waals surface area contributed by atoms with Gasteiger partial charge in [-0.3, -0.25) is 9.69 Å². The number of carbonyl (C=O) groups excluding carboxylic acids is 2. The summed E-state index contributed by atoms with van der Waals surface area (Å²) in [4.78, 5) is 25.3. The fourth-order valence-corrected chi connectivity index (χ4v) is 2.41. The van der Waals surface area contributed by atoms with E-state index >= 15 is 0 Å². The van der Waals surface area contributed by atoms with Crippen molar-refractivity contribution in [2.45, 2.75) is 32.2 Å². The molecule has 1 N–H and O–H groups in total. The van der Waals surface area contributed by atoms with E-state index in [2.05, 4.69) is 5.32 Å². The molecule has 1 aromatic rings. The van der Waals surface area contributed by atoms with Crippen LogP contribution in [-0.2, 0) is 4.79 Å². The molecular formula is C15H19FN2O3. The number of halogens is 1. The van der Waals surface area contributed by atoms with Crippen LogP contribution in [0, 0.1) is 5.82 Å². The van der Waals surface area contributed by atoms with E-state index < -0.39 is 11.6 Å². The van der Waals surface area contributed by atoms with Gasteiger partial charge in [-0.05, 0) is 37.6 Å². The van der Waals surface area contributed by atoms with Gasteiger partial charge in [-0.25, -0.2) is 9.18 Å². The van der Waals surface area contributed by atoms with Crippen molar-refractivity contribution in [2.24, 2.45) is 0 Å². The lowest BCUT2D eigenvalue weighted by molar-refractivity contribution is -0.131. The normalized spacial score (nSPS) is 21.6. The number of ether oxygens (including phenoxy) is 1. The molecule has 21 heavy (non-hydrogen) atoms. The van der Waals surface area contributed by atoms with Gasteiger partial charge < -0.3 is 10.1 Å². The van der Waals surface area contributed by atoms with Gasteiger partial charge in [0.15, 0.2) is 0 Å². The first-order valence-corrected chi connectivity index (χ1v) is 6.99. The van der Waals surface area contributed by atoms with Gasteiger partial charge in [-0.15, -0.1) is 0 Å². The van der Waals surface area contributed by atoms with Crippen LogP contribution in [0.5, 0.6) is 5.75 Å². The molecule has 3 amide bonds. The molecule has 114 valence electrons. The first-order valence-electron chi connectivity index (χ1n) is 6.99. The van der Waals surface area contributed by atoms with Crippen LogP contribution in [0.4, 0.5) is 9.18 Å². The van der Waals surface area contributed by atoms with E-state index in [9.17, 15) is 14.0 Å². The van der Waals surface area contributed by atoms with E-state index in [-0.39, 0.29) is 24.9 Å². The molecule has 0 spiro atoms. The van der Waals surface area contributed by atoms with E-state index in [4.69, 9.17) is 4.74 Å². The lowest BCUT2D eigenvalue weighted by Gasteiger charge is -2.20. The Morgan fingerprint density at radius 1 is 1.29 bits per heavy atom. The van der Waals surface area contributed by atoms with Crippen LogP contribution in [0.3, 0.4) is 0 Å². The summed E-state index contributed by atoms with van der Waals surface area (Å²) in [6.07, 6.45) is 1.41. The second-order valence-electron chi connectivity index (χ2n) is 5.27. The number of hydrogen-bond donors (Lipinski definition) is 1. The van der Waals surface area contributed by atoms with E-state index in [0.29, 0.717) is 12.2 Å². The molecule has 1 aliphatic heterocycles. The molecule has 0 saturated carbocycles. The highest BCUT2D eigenvalue weighted by molar-refractivity contribution is 6.06. The SMILES string of the molecule is CCC[C@@]1(C)NC(=O)N(CCOc2ccc(F)cc2)C1=O. The van der Waals surface area contributed by atoms with Crippen molar-refractivity contribution >= 4 is 11.9 Å². The molecule has 5 nitrogen and oxygen atoms in total. The van der Waals surface area contributed by atoms with Gasteiger partial charge in [-0.1, -0.05) is 13.3 Å². The highest BCUT2D eigenvalue weighted by Crippen LogP contribution is 2.22. The Morgan fingerprint density at radius 3 is 2.57 bits per heavy atom. The zero-order valence-electron chi connectivity index (χ0n) is 12.2. The molecular weight excluding hydrogens is 275 g/mol. The lowest BCUT2D eigenvalue weighted by Crippen LogP contribution is -2.44. The van der Waals surface area contributed by atoms with Crippen molar-refractivity contribution in [3.05, 3.63) is 30.1 Å². The summed E-state index contributed by atoms with van der Waals surface area (Å²) in [5, 5.41) is 2.72. The van der Waals surface area contributed by atoms with Crippen LogP contribution in [-0.4, -0.2) is 35.5 Å². The molecule has 2 rings (SSSR count). The lowest BCUT2D eigenvalue weighted by atomic mass is 9.96. The van der Waals surface area contributed by atoms with Crippen LogP contribution in [0.1, 0.15) is 26.7 Å². The molecule has 6 heteroatoms. The Kier molecular flexibility index (Phi) is 4.45. The zero-order valence-corrected chi connectivity index (χ0v) is 12.2. The molecule has 1 heterocycles. The third-order valence-electron chi connectivity index (χ3n) is 3.49. The van der Waals surface area contributed by atoms with Gasteiger partial charge in [0.05, 0.1) is 6.54 Å². The number of urea groups is 1. The molecule has 1 fully saturated rings. The molecule has 1 atom stereocenters. The molecule has 1 saturated heterocycles. The van der Waals surface area contributed by atoms with E-state index in [1.165, 1.54) is 29.2 Å². The second kappa shape index (κ2) is 6.11. The largest absolute Gasteiger partial charge is 0.492 e. The summed E-state index contributed by atoms with van der Waals surface area (Å²) in [6.45, 7) is 4.04. The Hall–Kier alpha value is -2.11. The number of hydrogen-bond acceptors (Lipinski definition) is 3. The Labute approximate surface area is 123 Å². The number of nitrogens with one attached hydrogen (secondary N) is 1. The third kappa shape index (κ3) is 3.32. The molecule has 1 aliphatic rings. The zero-order chi connectivity index (χ0) is 15.5. The summed E-state index contributed by atoms with van der Waals surface area (Å²) in [5.74, 6) is -0.0661. The van der Waals surface area contributed by atoms with Gasteiger partial charge in [0.1, 0.15) is 23.7 Å². The molecule has 0 radical (unpaired) electrons. The second-order valence-corrected chi connectivity index (χ2v) is 5.27. The van der Waals surface area contributed by atoms with E-state index in [0.717, 1.165) is 6.42 Å². The maximum atomic E-state index is 12.8. The van der Waals surface area contributed by atoms with Crippen molar-refractivity contribution in [3.8, 4) is 5.75 Å². The van der Waals surface area contributed by atoms with Crippen LogP contribution in [0.25, 0.3) is 0 Å². The van der Waals surface area contributed by atoms with Gasteiger partial charge in [0.25, 0.3) is 5.91 Å². The van der Waals surface area contributed by atoms with Crippen LogP contribution >= 0.6 is 0 Å². The number of rotatable bonds is 6. The van der Waals surface area contributed by atoms with Gasteiger partial charge in [-0.2, -0.15) is 0 Å². The molecule has 0 aromatic heterocycles. The monoisotopic (exact) mass is 294 g/mol. The molecule has 0 bridgehead atoms. The first-order chi connectivity index (χ1) is 9.96.